The molecule has 7 heteroatoms. The fraction of sp³-hybridized carbons (Fsp3) is 0.160. The van der Waals surface area contributed by atoms with Crippen LogP contribution in [0.1, 0.15) is 11.4 Å². The Hall–Kier alpha value is -4.13. The Morgan fingerprint density at radius 3 is 2.12 bits per heavy atom. The Labute approximate surface area is 185 Å². The van der Waals surface area contributed by atoms with Crippen molar-refractivity contribution in [3.8, 4) is 22.9 Å². The lowest BCUT2D eigenvalue weighted by atomic mass is 10.2. The van der Waals surface area contributed by atoms with Crippen LogP contribution in [0.4, 0.5) is 11.4 Å². The highest BCUT2D eigenvalue weighted by atomic mass is 16.5. The molecule has 0 atom stereocenters. The molecule has 1 aromatic heterocycles. The number of aromatic nitrogens is 1. The Morgan fingerprint density at radius 1 is 0.781 bits per heavy atom. The van der Waals surface area contributed by atoms with Gasteiger partial charge in [0.2, 0.25) is 0 Å². The van der Waals surface area contributed by atoms with E-state index < -0.39 is 0 Å². The molecule has 3 aromatic carbocycles. The van der Waals surface area contributed by atoms with E-state index in [9.17, 15) is 9.90 Å². The molecule has 0 saturated carbocycles. The van der Waals surface area contributed by atoms with Crippen LogP contribution in [0.15, 0.2) is 75.7 Å². The number of aromatic hydroxyl groups is 1. The van der Waals surface area contributed by atoms with E-state index in [2.05, 4.69) is 10.2 Å². The molecule has 0 bridgehead atoms. The molecule has 0 radical (unpaired) electrons. The van der Waals surface area contributed by atoms with Crippen molar-refractivity contribution in [1.82, 2.24) is 4.57 Å². The maximum atomic E-state index is 12.9. The molecule has 0 unspecified atom stereocenters. The number of para-hydroxylation sites is 1. The van der Waals surface area contributed by atoms with Crippen LogP contribution in [0.25, 0.3) is 16.5 Å². The van der Waals surface area contributed by atoms with Crippen molar-refractivity contribution in [3.05, 3.63) is 82.3 Å². The molecule has 0 amide bonds. The summed E-state index contributed by atoms with van der Waals surface area (Å²) in [6.07, 6.45) is 0. The second-order valence-corrected chi connectivity index (χ2v) is 7.26. The number of azo groups is 1. The van der Waals surface area contributed by atoms with Gasteiger partial charge in [0.25, 0.3) is 0 Å². The Bertz CT molecular complexity index is 1390. The molecule has 32 heavy (non-hydrogen) atoms. The summed E-state index contributed by atoms with van der Waals surface area (Å²) in [5, 5.41) is 20.5. The van der Waals surface area contributed by atoms with E-state index in [1.54, 1.807) is 26.4 Å². The molecule has 0 aliphatic carbocycles. The Morgan fingerprint density at radius 2 is 1.44 bits per heavy atom. The summed E-state index contributed by atoms with van der Waals surface area (Å²) in [5.74, 6) is 1.19. The van der Waals surface area contributed by atoms with E-state index in [-0.39, 0.29) is 16.9 Å². The molecule has 0 spiro atoms. The largest absolute Gasteiger partial charge is 0.505 e. The predicted molar refractivity (Wildman–Crippen MR) is 124 cm³/mol. The maximum absolute atomic E-state index is 12.9. The molecule has 0 saturated heterocycles. The second kappa shape index (κ2) is 8.55. The molecule has 4 aromatic rings. The highest BCUT2D eigenvalue weighted by Crippen LogP contribution is 2.39. The van der Waals surface area contributed by atoms with Crippen molar-refractivity contribution < 1.29 is 14.6 Å². The van der Waals surface area contributed by atoms with E-state index in [1.807, 2.05) is 54.8 Å². The second-order valence-electron chi connectivity index (χ2n) is 7.26. The maximum Gasteiger partial charge on any atom is 0.188 e. The summed E-state index contributed by atoms with van der Waals surface area (Å²) in [7, 11) is 3.16. The van der Waals surface area contributed by atoms with Crippen LogP contribution in [0.2, 0.25) is 0 Å². The normalized spacial score (nSPS) is 11.2. The molecule has 0 aliphatic heterocycles. The van der Waals surface area contributed by atoms with Crippen LogP contribution in [0, 0.1) is 13.8 Å². The SMILES string of the molecule is COc1ccc(-n2c(C)c3c(O)c(N=Nc4ccccc4OC)ccc(=O)c3c2C)cc1. The molecule has 1 N–H and O–H groups in total. The third-order valence-corrected chi connectivity index (χ3v) is 5.44. The van der Waals surface area contributed by atoms with E-state index in [0.29, 0.717) is 22.2 Å². The molecule has 0 fully saturated rings. The zero-order valence-corrected chi connectivity index (χ0v) is 18.3. The smallest absolute Gasteiger partial charge is 0.188 e. The van der Waals surface area contributed by atoms with Crippen molar-refractivity contribution >= 4 is 22.1 Å². The first-order chi connectivity index (χ1) is 15.5. The number of ether oxygens (including phenoxy) is 2. The molecular weight excluding hydrogens is 406 g/mol. The number of rotatable bonds is 5. The van der Waals surface area contributed by atoms with Crippen LogP contribution < -0.4 is 14.9 Å². The zero-order valence-electron chi connectivity index (χ0n) is 18.3. The van der Waals surface area contributed by atoms with Gasteiger partial charge in [-0.2, -0.15) is 0 Å². The number of methoxy groups -OCH3 is 2. The van der Waals surface area contributed by atoms with E-state index in [4.69, 9.17) is 9.47 Å². The third kappa shape index (κ3) is 3.58. The van der Waals surface area contributed by atoms with Gasteiger partial charge in [-0.05, 0) is 62.4 Å². The lowest BCUT2D eigenvalue weighted by Crippen LogP contribution is -2.01. The fourth-order valence-electron chi connectivity index (χ4n) is 3.89. The van der Waals surface area contributed by atoms with E-state index >= 15 is 0 Å². The number of nitrogens with zero attached hydrogens (tertiary/aromatic N) is 3. The monoisotopic (exact) mass is 429 g/mol. The highest BCUT2D eigenvalue weighted by Gasteiger charge is 2.19. The summed E-state index contributed by atoms with van der Waals surface area (Å²) in [4.78, 5) is 12.9. The van der Waals surface area contributed by atoms with Crippen LogP contribution in [0.3, 0.4) is 0 Å². The Kier molecular flexibility index (Phi) is 5.64. The quantitative estimate of drug-likeness (QED) is 0.410. The number of benzene rings is 2. The van der Waals surface area contributed by atoms with Gasteiger partial charge in [0.1, 0.15) is 22.9 Å². The first-order valence-electron chi connectivity index (χ1n) is 10.0. The van der Waals surface area contributed by atoms with Gasteiger partial charge in [-0.3, -0.25) is 4.79 Å². The Balaban J connectivity index is 1.92. The van der Waals surface area contributed by atoms with Crippen molar-refractivity contribution in [3.63, 3.8) is 0 Å². The van der Waals surface area contributed by atoms with Crippen molar-refractivity contribution in [2.24, 2.45) is 10.2 Å². The van der Waals surface area contributed by atoms with E-state index in [1.165, 1.54) is 12.1 Å². The first kappa shape index (κ1) is 21.1. The fourth-order valence-corrected chi connectivity index (χ4v) is 3.89. The van der Waals surface area contributed by atoms with Crippen LogP contribution in [-0.4, -0.2) is 23.9 Å². The molecule has 7 nitrogen and oxygen atoms in total. The summed E-state index contributed by atoms with van der Waals surface area (Å²) in [5.41, 5.74) is 2.81. The number of hydrogen-bond acceptors (Lipinski definition) is 6. The minimum atomic E-state index is -0.207. The lowest BCUT2D eigenvalue weighted by molar-refractivity contribution is 0.414. The van der Waals surface area contributed by atoms with Gasteiger partial charge >= 0.3 is 0 Å². The van der Waals surface area contributed by atoms with Gasteiger partial charge in [0.15, 0.2) is 11.2 Å². The standard InChI is InChI=1S/C25H23N3O4/c1-15-23-21(29)14-13-20(27-26-19-7-5-6-8-22(19)32-4)25(30)24(23)16(2)28(15)17-9-11-18(31-3)12-10-17/h5-14,30H,1-4H3. The minimum absolute atomic E-state index is 0.103. The molecular formula is C25H23N3O4. The topological polar surface area (TPSA) is 85.4 Å². The van der Waals surface area contributed by atoms with E-state index in [0.717, 1.165) is 22.8 Å². The summed E-state index contributed by atoms with van der Waals surface area (Å²) in [6, 6.07) is 17.6. The van der Waals surface area contributed by atoms with Gasteiger partial charge < -0.3 is 19.1 Å². The zero-order chi connectivity index (χ0) is 22.8. The summed E-state index contributed by atoms with van der Waals surface area (Å²) < 4.78 is 12.5. The van der Waals surface area contributed by atoms with Crippen LogP contribution in [-0.2, 0) is 0 Å². The summed E-state index contributed by atoms with van der Waals surface area (Å²) in [6.45, 7) is 3.72. The molecule has 0 aliphatic rings. The first-order valence-corrected chi connectivity index (χ1v) is 10.0. The number of aryl methyl sites for hydroxylation is 2. The van der Waals surface area contributed by atoms with Gasteiger partial charge in [-0.1, -0.05) is 12.1 Å². The van der Waals surface area contributed by atoms with Gasteiger partial charge in [0, 0.05) is 17.1 Å². The van der Waals surface area contributed by atoms with Crippen molar-refractivity contribution in [1.29, 1.82) is 0 Å². The van der Waals surface area contributed by atoms with Gasteiger partial charge in [-0.25, -0.2) is 0 Å². The van der Waals surface area contributed by atoms with Crippen molar-refractivity contribution in [2.45, 2.75) is 13.8 Å². The molecule has 4 rings (SSSR count). The van der Waals surface area contributed by atoms with Gasteiger partial charge in [0.05, 0.1) is 25.0 Å². The highest BCUT2D eigenvalue weighted by molar-refractivity contribution is 5.96. The van der Waals surface area contributed by atoms with Crippen LogP contribution >= 0.6 is 0 Å². The molecule has 1 heterocycles. The third-order valence-electron chi connectivity index (χ3n) is 5.44. The summed E-state index contributed by atoms with van der Waals surface area (Å²) >= 11 is 0. The minimum Gasteiger partial charge on any atom is -0.505 e. The predicted octanol–water partition coefficient (Wildman–Crippen LogP) is 5.75. The number of hydrogen-bond donors (Lipinski definition) is 1. The average Bonchev–Trinajstić information content (AvgIpc) is 3.00. The lowest BCUT2D eigenvalue weighted by Gasteiger charge is -2.10. The average molecular weight is 429 g/mol. The molecule has 162 valence electrons. The van der Waals surface area contributed by atoms with Gasteiger partial charge in [-0.15, -0.1) is 10.2 Å². The van der Waals surface area contributed by atoms with Crippen molar-refractivity contribution in [2.75, 3.05) is 14.2 Å². The van der Waals surface area contributed by atoms with Crippen LogP contribution in [0.5, 0.6) is 17.2 Å². The number of fused-ring (bicyclic) bond motifs is 1.